The van der Waals surface area contributed by atoms with Crippen molar-refractivity contribution in [2.45, 2.75) is 32.4 Å². The van der Waals surface area contributed by atoms with Crippen LogP contribution in [0, 0.1) is 0 Å². The number of aromatic nitrogens is 1. The van der Waals surface area contributed by atoms with Gasteiger partial charge < -0.3 is 10.4 Å². The number of hydrogen-bond acceptors (Lipinski definition) is 3. The van der Waals surface area contributed by atoms with Crippen molar-refractivity contribution in [2.24, 2.45) is 0 Å². The number of rotatable bonds is 4. The maximum atomic E-state index is 12.2. The zero-order valence-electron chi connectivity index (χ0n) is 11.1. The van der Waals surface area contributed by atoms with Gasteiger partial charge in [-0.05, 0) is 31.7 Å². The minimum absolute atomic E-state index is 0.0896. The van der Waals surface area contributed by atoms with E-state index < -0.39 is 6.10 Å². The van der Waals surface area contributed by atoms with Crippen LogP contribution in [0.5, 0.6) is 0 Å². The van der Waals surface area contributed by atoms with E-state index in [2.05, 4.69) is 10.3 Å². The van der Waals surface area contributed by atoms with Crippen LogP contribution in [0.2, 0.25) is 0 Å². The summed E-state index contributed by atoms with van der Waals surface area (Å²) in [6.07, 6.45) is 1.73. The van der Waals surface area contributed by atoms with Crippen LogP contribution in [0.25, 0.3) is 10.8 Å². The van der Waals surface area contributed by atoms with Crippen LogP contribution in [0.15, 0.2) is 36.5 Å². The second kappa shape index (κ2) is 5.80. The van der Waals surface area contributed by atoms with Gasteiger partial charge >= 0.3 is 0 Å². The Balaban J connectivity index is 2.22. The van der Waals surface area contributed by atoms with Crippen molar-refractivity contribution < 1.29 is 9.90 Å². The normalized spacial score (nSPS) is 14.1. The summed E-state index contributed by atoms with van der Waals surface area (Å²) in [5.41, 5.74) is 0.426. The number of carbonyl (C=O) groups excluding carboxylic acids is 1. The summed E-state index contributed by atoms with van der Waals surface area (Å²) in [7, 11) is 0. The first-order valence-electron chi connectivity index (χ1n) is 6.40. The molecule has 0 spiro atoms. The van der Waals surface area contributed by atoms with Gasteiger partial charge in [0, 0.05) is 17.6 Å². The van der Waals surface area contributed by atoms with Gasteiger partial charge in [0.1, 0.15) is 5.69 Å². The minimum atomic E-state index is -0.434. The number of carbonyl (C=O) groups is 1. The number of nitrogens with zero attached hydrogens (tertiary/aromatic N) is 1. The van der Waals surface area contributed by atoms with Gasteiger partial charge in [0.05, 0.1) is 6.10 Å². The molecule has 0 aliphatic rings. The molecule has 1 heterocycles. The Morgan fingerprint density at radius 2 is 2.05 bits per heavy atom. The molecule has 2 unspecified atom stereocenters. The monoisotopic (exact) mass is 258 g/mol. The lowest BCUT2D eigenvalue weighted by atomic mass is 10.1. The maximum Gasteiger partial charge on any atom is 0.270 e. The van der Waals surface area contributed by atoms with E-state index in [1.54, 1.807) is 13.1 Å². The smallest absolute Gasteiger partial charge is 0.270 e. The molecule has 100 valence electrons. The molecule has 0 aliphatic carbocycles. The third kappa shape index (κ3) is 3.29. The number of fused-ring (bicyclic) bond motifs is 1. The number of aliphatic hydroxyl groups excluding tert-OH is 1. The first-order chi connectivity index (χ1) is 9.08. The first-order valence-corrected chi connectivity index (χ1v) is 6.40. The van der Waals surface area contributed by atoms with Gasteiger partial charge in [-0.25, -0.2) is 0 Å². The van der Waals surface area contributed by atoms with Gasteiger partial charge in [-0.15, -0.1) is 0 Å². The van der Waals surface area contributed by atoms with Crippen LogP contribution >= 0.6 is 0 Å². The van der Waals surface area contributed by atoms with Gasteiger partial charge in [-0.1, -0.05) is 24.3 Å². The van der Waals surface area contributed by atoms with Crippen molar-refractivity contribution >= 4 is 16.7 Å². The molecule has 19 heavy (non-hydrogen) atoms. The van der Waals surface area contributed by atoms with Crippen molar-refractivity contribution in [1.29, 1.82) is 0 Å². The van der Waals surface area contributed by atoms with Crippen molar-refractivity contribution in [3.63, 3.8) is 0 Å². The van der Waals surface area contributed by atoms with E-state index in [9.17, 15) is 9.90 Å². The van der Waals surface area contributed by atoms with Crippen molar-refractivity contribution in [3.05, 3.63) is 42.2 Å². The molecule has 4 nitrogen and oxygen atoms in total. The second-order valence-corrected chi connectivity index (χ2v) is 4.84. The minimum Gasteiger partial charge on any atom is -0.393 e. The Hall–Kier alpha value is -1.94. The number of nitrogens with one attached hydrogen (secondary N) is 1. The van der Waals surface area contributed by atoms with Crippen LogP contribution in [0.1, 0.15) is 30.8 Å². The molecular weight excluding hydrogens is 240 g/mol. The Morgan fingerprint density at radius 1 is 1.32 bits per heavy atom. The van der Waals surface area contributed by atoms with E-state index >= 15 is 0 Å². The van der Waals surface area contributed by atoms with E-state index in [0.717, 1.165) is 10.8 Å². The van der Waals surface area contributed by atoms with Crippen LogP contribution in [-0.2, 0) is 0 Å². The number of aliphatic hydroxyl groups is 1. The van der Waals surface area contributed by atoms with Gasteiger partial charge in [-0.3, -0.25) is 9.78 Å². The van der Waals surface area contributed by atoms with Crippen LogP contribution in [0.3, 0.4) is 0 Å². The van der Waals surface area contributed by atoms with Crippen molar-refractivity contribution in [2.75, 3.05) is 0 Å². The predicted molar refractivity (Wildman–Crippen MR) is 75.0 cm³/mol. The SMILES string of the molecule is CC(O)CC(C)NC(=O)c1nccc2ccccc12. The molecule has 2 rings (SSSR count). The Kier molecular flexibility index (Phi) is 4.12. The fourth-order valence-electron chi connectivity index (χ4n) is 2.16. The lowest BCUT2D eigenvalue weighted by molar-refractivity contribution is 0.0920. The quantitative estimate of drug-likeness (QED) is 0.883. The van der Waals surface area contributed by atoms with Crippen LogP contribution < -0.4 is 5.32 Å². The Labute approximate surface area is 112 Å². The molecule has 1 aromatic heterocycles. The third-order valence-corrected chi connectivity index (χ3v) is 2.96. The fraction of sp³-hybridized carbons (Fsp3) is 0.333. The highest BCUT2D eigenvalue weighted by molar-refractivity contribution is 6.05. The van der Waals surface area contributed by atoms with Gasteiger partial charge in [-0.2, -0.15) is 0 Å². The molecule has 0 saturated carbocycles. The molecule has 0 radical (unpaired) electrons. The molecule has 1 aromatic carbocycles. The van der Waals surface area contributed by atoms with Gasteiger partial charge in [0.25, 0.3) is 5.91 Å². The van der Waals surface area contributed by atoms with E-state index in [1.165, 1.54) is 0 Å². The number of hydrogen-bond donors (Lipinski definition) is 2. The molecule has 4 heteroatoms. The van der Waals surface area contributed by atoms with E-state index in [0.29, 0.717) is 12.1 Å². The topological polar surface area (TPSA) is 62.2 Å². The summed E-state index contributed by atoms with van der Waals surface area (Å²) < 4.78 is 0. The van der Waals surface area contributed by atoms with E-state index in [4.69, 9.17) is 0 Å². The lowest BCUT2D eigenvalue weighted by Gasteiger charge is -2.15. The lowest BCUT2D eigenvalue weighted by Crippen LogP contribution is -2.35. The molecule has 0 fully saturated rings. The third-order valence-electron chi connectivity index (χ3n) is 2.96. The van der Waals surface area contributed by atoms with Crippen LogP contribution in [0.4, 0.5) is 0 Å². The number of pyridine rings is 1. The average Bonchev–Trinajstić information content (AvgIpc) is 2.36. The number of amides is 1. The number of benzene rings is 1. The highest BCUT2D eigenvalue weighted by Gasteiger charge is 2.14. The van der Waals surface area contributed by atoms with E-state index in [1.807, 2.05) is 37.3 Å². The van der Waals surface area contributed by atoms with Crippen molar-refractivity contribution in [3.8, 4) is 0 Å². The molecule has 2 N–H and O–H groups in total. The highest BCUT2D eigenvalue weighted by atomic mass is 16.3. The summed E-state index contributed by atoms with van der Waals surface area (Å²) in [5.74, 6) is -0.204. The largest absolute Gasteiger partial charge is 0.393 e. The first kappa shape index (κ1) is 13.5. The van der Waals surface area contributed by atoms with Gasteiger partial charge in [0.15, 0.2) is 0 Å². The average molecular weight is 258 g/mol. The summed E-state index contributed by atoms with van der Waals surface area (Å²) >= 11 is 0. The standard InChI is InChI=1S/C15H18N2O2/c1-10(9-11(2)18)17-15(19)14-13-6-4-3-5-12(13)7-8-16-14/h3-8,10-11,18H,9H2,1-2H3,(H,17,19). The summed E-state index contributed by atoms with van der Waals surface area (Å²) in [5, 5.41) is 14.0. The molecule has 2 aromatic rings. The molecule has 0 saturated heterocycles. The van der Waals surface area contributed by atoms with Gasteiger partial charge in [0.2, 0.25) is 0 Å². The maximum absolute atomic E-state index is 12.2. The second-order valence-electron chi connectivity index (χ2n) is 4.84. The molecule has 0 bridgehead atoms. The highest BCUT2D eigenvalue weighted by Crippen LogP contribution is 2.16. The summed E-state index contributed by atoms with van der Waals surface area (Å²) in [6, 6.07) is 9.45. The molecule has 2 atom stereocenters. The summed E-state index contributed by atoms with van der Waals surface area (Å²) in [4.78, 5) is 16.4. The fourth-order valence-corrected chi connectivity index (χ4v) is 2.16. The molecular formula is C15H18N2O2. The molecule has 1 amide bonds. The Morgan fingerprint density at radius 3 is 2.79 bits per heavy atom. The van der Waals surface area contributed by atoms with Crippen molar-refractivity contribution in [1.82, 2.24) is 10.3 Å². The molecule has 0 aliphatic heterocycles. The van der Waals surface area contributed by atoms with E-state index in [-0.39, 0.29) is 11.9 Å². The van der Waals surface area contributed by atoms with Crippen LogP contribution in [-0.4, -0.2) is 28.1 Å². The predicted octanol–water partition coefficient (Wildman–Crippen LogP) is 2.12. The Bertz CT molecular complexity index is 576. The zero-order chi connectivity index (χ0) is 13.8. The summed E-state index contributed by atoms with van der Waals surface area (Å²) in [6.45, 7) is 3.58. The zero-order valence-corrected chi connectivity index (χ0v) is 11.1.